The van der Waals surface area contributed by atoms with Crippen LogP contribution in [-0.2, 0) is 12.7 Å². The van der Waals surface area contributed by atoms with Crippen LogP contribution in [0.5, 0.6) is 11.5 Å². The Morgan fingerprint density at radius 2 is 1.39 bits per heavy atom. The minimum Gasteiger partial charge on any atom is -0.457 e. The van der Waals surface area contributed by atoms with Gasteiger partial charge in [0.25, 0.3) is 0 Å². The van der Waals surface area contributed by atoms with Crippen molar-refractivity contribution in [3.8, 4) is 11.5 Å². The molecule has 1 heterocycles. The Kier molecular flexibility index (Phi) is 7.23. The quantitative estimate of drug-likeness (QED) is 0.237. The van der Waals surface area contributed by atoms with Crippen molar-refractivity contribution in [3.63, 3.8) is 0 Å². The first kappa shape index (κ1) is 25.9. The molecule has 1 unspecified atom stereocenters. The average Bonchev–Trinajstić information content (AvgIpc) is 3.22. The fourth-order valence-electron chi connectivity index (χ4n) is 4.38. The number of halogens is 5. The van der Waals surface area contributed by atoms with Gasteiger partial charge in [0, 0.05) is 28.8 Å². The number of carbonyl (C=O) groups excluding carboxylic acids is 1. The highest BCUT2D eigenvalue weighted by atomic mass is 35.5. The molecular formula is C29H21Cl2F3N2O2. The number of nitrogens with zero attached hydrogens (tertiary/aromatic N) is 2. The van der Waals surface area contributed by atoms with Gasteiger partial charge in [0.2, 0.25) is 0 Å². The second-order valence-electron chi connectivity index (χ2n) is 8.85. The van der Waals surface area contributed by atoms with Gasteiger partial charge in [-0.25, -0.2) is 4.79 Å². The van der Waals surface area contributed by atoms with Crippen molar-refractivity contribution in [2.24, 2.45) is 0 Å². The predicted octanol–water partition coefficient (Wildman–Crippen LogP) is 8.99. The lowest BCUT2D eigenvalue weighted by molar-refractivity contribution is -0.137. The standard InChI is InChI=1S/C29H21Cl2F3N2O2/c30-22-6-4-19(5-7-22)17-35-18-27(20-2-1-3-21(16-20)29(32,33)34)36(28(35)37)24-10-14-26(15-11-24)38-25-12-8-23(31)9-13-25/h1-16,27H,17-18H2. The molecule has 9 heteroatoms. The van der Waals surface area contributed by atoms with Crippen molar-refractivity contribution in [2.45, 2.75) is 18.8 Å². The maximum atomic E-state index is 13.6. The van der Waals surface area contributed by atoms with E-state index in [1.54, 1.807) is 71.6 Å². The molecule has 0 aromatic heterocycles. The van der Waals surface area contributed by atoms with Gasteiger partial charge >= 0.3 is 12.2 Å². The largest absolute Gasteiger partial charge is 0.457 e. The highest BCUT2D eigenvalue weighted by molar-refractivity contribution is 6.30. The van der Waals surface area contributed by atoms with Crippen LogP contribution in [0.4, 0.5) is 23.7 Å². The second kappa shape index (κ2) is 10.6. The summed E-state index contributed by atoms with van der Waals surface area (Å²) in [5.41, 5.74) is 1.04. The molecule has 4 aromatic rings. The van der Waals surface area contributed by atoms with E-state index < -0.39 is 17.8 Å². The van der Waals surface area contributed by atoms with Crippen LogP contribution in [0.2, 0.25) is 10.0 Å². The van der Waals surface area contributed by atoms with Gasteiger partial charge in [0.05, 0.1) is 11.6 Å². The van der Waals surface area contributed by atoms with Crippen molar-refractivity contribution in [2.75, 3.05) is 11.4 Å². The smallest absolute Gasteiger partial charge is 0.416 e. The molecule has 38 heavy (non-hydrogen) atoms. The van der Waals surface area contributed by atoms with Crippen LogP contribution in [-0.4, -0.2) is 17.5 Å². The van der Waals surface area contributed by atoms with Gasteiger partial charge in [0.15, 0.2) is 0 Å². The maximum Gasteiger partial charge on any atom is 0.416 e. The summed E-state index contributed by atoms with van der Waals surface area (Å²) in [6.45, 7) is 0.505. The van der Waals surface area contributed by atoms with Gasteiger partial charge < -0.3 is 9.64 Å². The van der Waals surface area contributed by atoms with Crippen LogP contribution in [0.25, 0.3) is 0 Å². The molecule has 1 aliphatic rings. The average molecular weight is 557 g/mol. The van der Waals surface area contributed by atoms with Crippen LogP contribution in [0.1, 0.15) is 22.7 Å². The number of alkyl halides is 3. The summed E-state index contributed by atoms with van der Waals surface area (Å²) in [5, 5.41) is 1.16. The van der Waals surface area contributed by atoms with E-state index in [-0.39, 0.29) is 12.6 Å². The Labute approximate surface area is 227 Å². The van der Waals surface area contributed by atoms with Crippen LogP contribution < -0.4 is 9.64 Å². The van der Waals surface area contributed by atoms with E-state index in [9.17, 15) is 18.0 Å². The summed E-state index contributed by atoms with van der Waals surface area (Å²) in [6.07, 6.45) is -4.49. The molecule has 194 valence electrons. The topological polar surface area (TPSA) is 32.8 Å². The van der Waals surface area contributed by atoms with E-state index >= 15 is 0 Å². The lowest BCUT2D eigenvalue weighted by Crippen LogP contribution is -2.32. The van der Waals surface area contributed by atoms with E-state index in [1.165, 1.54) is 11.0 Å². The molecule has 0 spiro atoms. The number of ether oxygens (including phenoxy) is 1. The Balaban J connectivity index is 1.45. The molecule has 0 bridgehead atoms. The zero-order valence-corrected chi connectivity index (χ0v) is 21.3. The van der Waals surface area contributed by atoms with Gasteiger partial charge in [-0.05, 0) is 83.9 Å². The van der Waals surface area contributed by atoms with E-state index in [0.29, 0.717) is 39.3 Å². The number of benzene rings is 4. The SMILES string of the molecule is O=C1N(Cc2ccc(Cl)cc2)CC(c2cccc(C(F)(F)F)c2)N1c1ccc(Oc2ccc(Cl)cc2)cc1. The number of rotatable bonds is 6. The van der Waals surface area contributed by atoms with Crippen molar-refractivity contribution < 1.29 is 22.7 Å². The summed E-state index contributed by atoms with van der Waals surface area (Å²) in [5.74, 6) is 1.13. The van der Waals surface area contributed by atoms with E-state index in [4.69, 9.17) is 27.9 Å². The zero-order chi connectivity index (χ0) is 26.9. The summed E-state index contributed by atoms with van der Waals surface area (Å²) in [7, 11) is 0. The fourth-order valence-corrected chi connectivity index (χ4v) is 4.63. The van der Waals surface area contributed by atoms with Gasteiger partial charge in [-0.15, -0.1) is 0 Å². The molecule has 1 atom stereocenters. The van der Waals surface area contributed by atoms with Crippen LogP contribution in [0.15, 0.2) is 97.1 Å². The molecule has 0 aliphatic carbocycles. The van der Waals surface area contributed by atoms with Crippen LogP contribution in [0.3, 0.4) is 0 Å². The van der Waals surface area contributed by atoms with Gasteiger partial charge in [-0.3, -0.25) is 4.90 Å². The molecule has 5 rings (SSSR count). The van der Waals surface area contributed by atoms with Crippen molar-refractivity contribution >= 4 is 34.9 Å². The lowest BCUT2D eigenvalue weighted by atomic mass is 10.0. The number of carbonyl (C=O) groups is 1. The molecule has 4 aromatic carbocycles. The Morgan fingerprint density at radius 3 is 2.00 bits per heavy atom. The Hall–Kier alpha value is -3.68. The molecule has 2 amide bonds. The number of urea groups is 1. The third-order valence-electron chi connectivity index (χ3n) is 6.23. The predicted molar refractivity (Wildman–Crippen MR) is 142 cm³/mol. The van der Waals surface area contributed by atoms with Gasteiger partial charge in [0.1, 0.15) is 11.5 Å². The molecule has 0 saturated carbocycles. The van der Waals surface area contributed by atoms with Crippen molar-refractivity contribution in [1.82, 2.24) is 4.90 Å². The van der Waals surface area contributed by atoms with Crippen molar-refractivity contribution in [3.05, 3.63) is 124 Å². The van der Waals surface area contributed by atoms with Crippen LogP contribution in [0, 0.1) is 0 Å². The molecule has 4 nitrogen and oxygen atoms in total. The first-order valence-corrected chi connectivity index (χ1v) is 12.5. The highest BCUT2D eigenvalue weighted by Crippen LogP contribution is 2.38. The Bertz CT molecular complexity index is 1430. The maximum absolute atomic E-state index is 13.6. The number of hydrogen-bond donors (Lipinski definition) is 0. The number of hydrogen-bond acceptors (Lipinski definition) is 2. The lowest BCUT2D eigenvalue weighted by Gasteiger charge is -2.24. The van der Waals surface area contributed by atoms with Gasteiger partial charge in [-0.1, -0.05) is 47.5 Å². The normalized spacial score (nSPS) is 15.7. The monoisotopic (exact) mass is 556 g/mol. The van der Waals surface area contributed by atoms with Crippen molar-refractivity contribution in [1.29, 1.82) is 0 Å². The Morgan fingerprint density at radius 1 is 0.816 bits per heavy atom. The molecule has 0 N–H and O–H groups in total. The number of anilines is 1. The summed E-state index contributed by atoms with van der Waals surface area (Å²) >= 11 is 11.9. The molecular weight excluding hydrogens is 536 g/mol. The molecule has 0 radical (unpaired) electrons. The van der Waals surface area contributed by atoms with Crippen LogP contribution >= 0.6 is 23.2 Å². The fraction of sp³-hybridized carbons (Fsp3) is 0.138. The molecule has 1 fully saturated rings. The number of amides is 2. The third kappa shape index (κ3) is 5.74. The zero-order valence-electron chi connectivity index (χ0n) is 19.8. The first-order valence-electron chi connectivity index (χ1n) is 11.7. The third-order valence-corrected chi connectivity index (χ3v) is 6.74. The minimum atomic E-state index is -4.49. The molecule has 1 aliphatic heterocycles. The van der Waals surface area contributed by atoms with E-state index in [0.717, 1.165) is 17.7 Å². The van der Waals surface area contributed by atoms with E-state index in [1.807, 2.05) is 12.1 Å². The summed E-state index contributed by atoms with van der Waals surface area (Å²) < 4.78 is 46.3. The highest BCUT2D eigenvalue weighted by Gasteiger charge is 2.40. The molecule has 1 saturated heterocycles. The van der Waals surface area contributed by atoms with Gasteiger partial charge in [-0.2, -0.15) is 13.2 Å². The van der Waals surface area contributed by atoms with E-state index in [2.05, 4.69) is 0 Å². The second-order valence-corrected chi connectivity index (χ2v) is 9.72. The summed E-state index contributed by atoms with van der Waals surface area (Å²) in [6, 6.07) is 25.0. The first-order chi connectivity index (χ1) is 18.2. The minimum absolute atomic E-state index is 0.214. The summed E-state index contributed by atoms with van der Waals surface area (Å²) in [4.78, 5) is 16.8.